The van der Waals surface area contributed by atoms with E-state index in [4.69, 9.17) is 4.74 Å². The third-order valence-corrected chi connectivity index (χ3v) is 3.74. The lowest BCUT2D eigenvalue weighted by atomic mass is 10.2. The van der Waals surface area contributed by atoms with E-state index in [0.717, 1.165) is 35.0 Å². The summed E-state index contributed by atoms with van der Waals surface area (Å²) >= 11 is 1.57. The molecule has 0 saturated heterocycles. The molecule has 0 atom stereocenters. The molecule has 0 aromatic heterocycles. The summed E-state index contributed by atoms with van der Waals surface area (Å²) in [6.07, 6.45) is 2.97. The van der Waals surface area contributed by atoms with Crippen LogP contribution >= 0.6 is 11.8 Å². The number of nitriles is 1. The normalized spacial score (nSPS) is 9.95. The third kappa shape index (κ3) is 3.93. The Labute approximate surface area is 129 Å². The lowest BCUT2D eigenvalue weighted by molar-refractivity contribution is 0.317. The first kappa shape index (κ1) is 15.3. The predicted octanol–water partition coefficient (Wildman–Crippen LogP) is 4.81. The van der Waals surface area contributed by atoms with Crippen molar-refractivity contribution in [3.05, 3.63) is 48.0 Å². The number of ether oxygens (including phenoxy) is 1. The Morgan fingerprint density at radius 2 is 1.95 bits per heavy atom. The van der Waals surface area contributed by atoms with Crippen LogP contribution in [0.15, 0.2) is 47.4 Å². The highest BCUT2D eigenvalue weighted by Crippen LogP contribution is 2.29. The van der Waals surface area contributed by atoms with Gasteiger partial charge in [0.25, 0.3) is 0 Å². The molecule has 1 N–H and O–H groups in total. The summed E-state index contributed by atoms with van der Waals surface area (Å²) in [5.74, 6) is 0.862. The summed E-state index contributed by atoms with van der Waals surface area (Å²) in [5.41, 5.74) is 2.44. The number of hydrogen-bond acceptors (Lipinski definition) is 4. The Bertz CT molecular complexity index is 632. The van der Waals surface area contributed by atoms with E-state index < -0.39 is 0 Å². The molecule has 2 rings (SSSR count). The predicted molar refractivity (Wildman–Crippen MR) is 88.4 cm³/mol. The summed E-state index contributed by atoms with van der Waals surface area (Å²) in [6.45, 7) is 2.80. The number of anilines is 2. The van der Waals surface area contributed by atoms with Gasteiger partial charge >= 0.3 is 0 Å². The summed E-state index contributed by atoms with van der Waals surface area (Å²) in [5, 5.41) is 12.6. The quantitative estimate of drug-likeness (QED) is 0.777. The van der Waals surface area contributed by atoms with Gasteiger partial charge in [0.2, 0.25) is 0 Å². The maximum atomic E-state index is 9.33. The van der Waals surface area contributed by atoms with Crippen LogP contribution < -0.4 is 10.1 Å². The van der Waals surface area contributed by atoms with Gasteiger partial charge in [0, 0.05) is 10.6 Å². The Hall–Kier alpha value is -2.12. The van der Waals surface area contributed by atoms with Crippen LogP contribution in [0.4, 0.5) is 11.4 Å². The van der Waals surface area contributed by atoms with Crippen LogP contribution in [0.5, 0.6) is 5.75 Å². The van der Waals surface area contributed by atoms with Gasteiger partial charge in [0.1, 0.15) is 11.8 Å². The zero-order chi connectivity index (χ0) is 15.1. The van der Waals surface area contributed by atoms with E-state index in [1.165, 1.54) is 0 Å². The molecule has 0 unspecified atom stereocenters. The van der Waals surface area contributed by atoms with E-state index in [-0.39, 0.29) is 0 Å². The fourth-order valence-electron chi connectivity index (χ4n) is 1.93. The average molecular weight is 298 g/mol. The molecule has 2 aromatic rings. The summed E-state index contributed by atoms with van der Waals surface area (Å²) in [6, 6.07) is 15.9. The highest BCUT2D eigenvalue weighted by molar-refractivity contribution is 7.98. The molecule has 108 valence electrons. The molecule has 0 spiro atoms. The molecule has 3 nitrogen and oxygen atoms in total. The SMILES string of the molecule is CCCOc1ccc(Nc2cccc(SC)c2C#N)cc1. The molecule has 0 aliphatic carbocycles. The lowest BCUT2D eigenvalue weighted by Crippen LogP contribution is -1.97. The van der Waals surface area contributed by atoms with Gasteiger partial charge in [-0.2, -0.15) is 5.26 Å². The molecule has 4 heteroatoms. The minimum absolute atomic E-state index is 0.677. The Balaban J connectivity index is 2.17. The first-order chi connectivity index (χ1) is 10.3. The van der Waals surface area contributed by atoms with E-state index in [1.54, 1.807) is 11.8 Å². The number of benzene rings is 2. The number of rotatable bonds is 6. The van der Waals surface area contributed by atoms with E-state index in [9.17, 15) is 5.26 Å². The van der Waals surface area contributed by atoms with Crippen LogP contribution in [0.1, 0.15) is 18.9 Å². The molecule has 0 saturated carbocycles. The van der Waals surface area contributed by atoms with Crippen molar-refractivity contribution in [1.82, 2.24) is 0 Å². The van der Waals surface area contributed by atoms with Crippen LogP contribution in [0.3, 0.4) is 0 Å². The molecular weight excluding hydrogens is 280 g/mol. The van der Waals surface area contributed by atoms with Crippen LogP contribution in [0.25, 0.3) is 0 Å². The maximum absolute atomic E-state index is 9.33. The number of thioether (sulfide) groups is 1. The second kappa shape index (κ2) is 7.61. The number of nitrogens with one attached hydrogen (secondary N) is 1. The summed E-state index contributed by atoms with van der Waals surface area (Å²) in [4.78, 5) is 0.977. The Kier molecular flexibility index (Phi) is 5.53. The Morgan fingerprint density at radius 3 is 2.57 bits per heavy atom. The van der Waals surface area contributed by atoms with Gasteiger partial charge in [0.05, 0.1) is 17.9 Å². The van der Waals surface area contributed by atoms with E-state index in [2.05, 4.69) is 18.3 Å². The fourth-order valence-corrected chi connectivity index (χ4v) is 2.51. The lowest BCUT2D eigenvalue weighted by Gasteiger charge is -2.11. The highest BCUT2D eigenvalue weighted by Gasteiger charge is 2.07. The molecule has 2 aromatic carbocycles. The molecule has 21 heavy (non-hydrogen) atoms. The Morgan fingerprint density at radius 1 is 1.19 bits per heavy atom. The molecular formula is C17H18N2OS. The molecule has 0 amide bonds. The van der Waals surface area contributed by atoms with Gasteiger partial charge in [-0.1, -0.05) is 13.0 Å². The van der Waals surface area contributed by atoms with Crippen molar-refractivity contribution in [3.63, 3.8) is 0 Å². The smallest absolute Gasteiger partial charge is 0.119 e. The topological polar surface area (TPSA) is 45.0 Å². The maximum Gasteiger partial charge on any atom is 0.119 e. The minimum Gasteiger partial charge on any atom is -0.494 e. The van der Waals surface area contributed by atoms with Crippen molar-refractivity contribution in [1.29, 1.82) is 5.26 Å². The molecule has 0 bridgehead atoms. The standard InChI is InChI=1S/C17H18N2OS/c1-3-11-20-14-9-7-13(8-10-14)19-16-5-4-6-17(21-2)15(16)12-18/h4-10,19H,3,11H2,1-2H3. The largest absolute Gasteiger partial charge is 0.494 e. The monoisotopic (exact) mass is 298 g/mol. The van der Waals surface area contributed by atoms with Gasteiger partial charge in [-0.05, 0) is 49.1 Å². The summed E-state index contributed by atoms with van der Waals surface area (Å²) in [7, 11) is 0. The highest BCUT2D eigenvalue weighted by atomic mass is 32.2. The van der Waals surface area contributed by atoms with Crippen molar-refractivity contribution >= 4 is 23.1 Å². The van der Waals surface area contributed by atoms with E-state index >= 15 is 0 Å². The van der Waals surface area contributed by atoms with Crippen LogP contribution in [0, 0.1) is 11.3 Å². The van der Waals surface area contributed by atoms with Crippen LogP contribution in [-0.2, 0) is 0 Å². The van der Waals surface area contributed by atoms with Crippen molar-refractivity contribution in [2.24, 2.45) is 0 Å². The molecule has 0 heterocycles. The van der Waals surface area contributed by atoms with Crippen molar-refractivity contribution in [2.75, 3.05) is 18.2 Å². The zero-order valence-electron chi connectivity index (χ0n) is 12.2. The number of hydrogen-bond donors (Lipinski definition) is 1. The number of nitrogens with zero attached hydrogens (tertiary/aromatic N) is 1. The van der Waals surface area contributed by atoms with Gasteiger partial charge in [0.15, 0.2) is 0 Å². The van der Waals surface area contributed by atoms with Gasteiger partial charge in [-0.25, -0.2) is 0 Å². The van der Waals surface area contributed by atoms with Crippen LogP contribution in [0.2, 0.25) is 0 Å². The average Bonchev–Trinajstić information content (AvgIpc) is 2.54. The van der Waals surface area contributed by atoms with E-state index in [1.807, 2.05) is 48.7 Å². The third-order valence-electron chi connectivity index (χ3n) is 2.96. The van der Waals surface area contributed by atoms with Gasteiger partial charge in [-0.3, -0.25) is 0 Å². The van der Waals surface area contributed by atoms with Crippen LogP contribution in [-0.4, -0.2) is 12.9 Å². The first-order valence-corrected chi connectivity index (χ1v) is 8.08. The van der Waals surface area contributed by atoms with Crippen molar-refractivity contribution < 1.29 is 4.74 Å². The fraction of sp³-hybridized carbons (Fsp3) is 0.235. The molecule has 0 aliphatic heterocycles. The van der Waals surface area contributed by atoms with Crippen molar-refractivity contribution in [2.45, 2.75) is 18.2 Å². The van der Waals surface area contributed by atoms with Gasteiger partial charge < -0.3 is 10.1 Å². The second-order valence-electron chi connectivity index (χ2n) is 4.49. The minimum atomic E-state index is 0.677. The zero-order valence-corrected chi connectivity index (χ0v) is 13.0. The van der Waals surface area contributed by atoms with E-state index in [0.29, 0.717) is 5.56 Å². The second-order valence-corrected chi connectivity index (χ2v) is 5.34. The molecule has 0 fully saturated rings. The summed E-state index contributed by atoms with van der Waals surface area (Å²) < 4.78 is 5.56. The molecule has 0 radical (unpaired) electrons. The molecule has 0 aliphatic rings. The first-order valence-electron chi connectivity index (χ1n) is 6.85. The van der Waals surface area contributed by atoms with Crippen molar-refractivity contribution in [3.8, 4) is 11.8 Å². The van der Waals surface area contributed by atoms with Gasteiger partial charge in [-0.15, -0.1) is 11.8 Å².